The number of aliphatic hydroxyl groups is 1. The third-order valence-electron chi connectivity index (χ3n) is 1.30. The highest BCUT2D eigenvalue weighted by molar-refractivity contribution is 14.1. The zero-order valence-electron chi connectivity index (χ0n) is 6.73. The maximum absolute atomic E-state index is 11.3. The van der Waals surface area contributed by atoms with Gasteiger partial charge in [0.2, 0.25) is 5.76 Å². The van der Waals surface area contributed by atoms with Crippen molar-refractivity contribution in [3.05, 3.63) is 31.7 Å². The standard InChI is InChI=1S/C8H5IO4S/c9-7-2-1-6(14-7)4(10)3-5(11)8(12)13/h1-3,11H,(H,12,13)/b5-3-. The molecule has 0 amide bonds. The number of aliphatic carboxylic acids is 1. The number of hydrogen-bond acceptors (Lipinski definition) is 4. The molecule has 1 rings (SSSR count). The first-order valence-corrected chi connectivity index (χ1v) is 5.34. The monoisotopic (exact) mass is 324 g/mol. The lowest BCUT2D eigenvalue weighted by molar-refractivity contribution is -0.135. The van der Waals surface area contributed by atoms with Gasteiger partial charge in [-0.2, -0.15) is 0 Å². The van der Waals surface area contributed by atoms with E-state index in [1.165, 1.54) is 11.3 Å². The number of allylic oxidation sites excluding steroid dienone is 1. The summed E-state index contributed by atoms with van der Waals surface area (Å²) in [7, 11) is 0. The van der Waals surface area contributed by atoms with Gasteiger partial charge in [0.25, 0.3) is 0 Å². The van der Waals surface area contributed by atoms with E-state index in [9.17, 15) is 9.59 Å². The van der Waals surface area contributed by atoms with Gasteiger partial charge in [-0.15, -0.1) is 11.3 Å². The van der Waals surface area contributed by atoms with Gasteiger partial charge in [-0.05, 0) is 34.7 Å². The highest BCUT2D eigenvalue weighted by Crippen LogP contribution is 2.19. The van der Waals surface area contributed by atoms with Gasteiger partial charge in [0.1, 0.15) is 0 Å². The molecule has 2 N–H and O–H groups in total. The van der Waals surface area contributed by atoms with Crippen molar-refractivity contribution in [3.8, 4) is 0 Å². The Morgan fingerprint density at radius 3 is 2.43 bits per heavy atom. The minimum atomic E-state index is -1.51. The topological polar surface area (TPSA) is 74.6 Å². The summed E-state index contributed by atoms with van der Waals surface area (Å²) in [6, 6.07) is 3.32. The van der Waals surface area contributed by atoms with Crippen LogP contribution in [0.1, 0.15) is 9.67 Å². The average Bonchev–Trinajstić information content (AvgIpc) is 2.51. The van der Waals surface area contributed by atoms with Crippen molar-refractivity contribution in [3.63, 3.8) is 0 Å². The average molecular weight is 324 g/mol. The minimum Gasteiger partial charge on any atom is -0.502 e. The largest absolute Gasteiger partial charge is 0.502 e. The molecule has 0 aromatic carbocycles. The maximum Gasteiger partial charge on any atom is 0.371 e. The molecule has 0 atom stereocenters. The summed E-state index contributed by atoms with van der Waals surface area (Å²) >= 11 is 3.29. The number of carbonyl (C=O) groups is 2. The smallest absolute Gasteiger partial charge is 0.371 e. The molecular weight excluding hydrogens is 319 g/mol. The second-order valence-electron chi connectivity index (χ2n) is 2.30. The molecule has 0 aliphatic heterocycles. The van der Waals surface area contributed by atoms with Crippen molar-refractivity contribution >= 4 is 45.7 Å². The van der Waals surface area contributed by atoms with Crippen molar-refractivity contribution in [2.75, 3.05) is 0 Å². The minimum absolute atomic E-state index is 0.405. The zero-order valence-corrected chi connectivity index (χ0v) is 9.70. The van der Waals surface area contributed by atoms with Crippen LogP contribution in [-0.4, -0.2) is 22.0 Å². The summed E-state index contributed by atoms with van der Waals surface area (Å²) in [6.45, 7) is 0. The molecule has 0 unspecified atom stereocenters. The number of thiophene rings is 1. The van der Waals surface area contributed by atoms with Crippen molar-refractivity contribution < 1.29 is 19.8 Å². The Morgan fingerprint density at radius 1 is 1.36 bits per heavy atom. The van der Waals surface area contributed by atoms with Gasteiger partial charge in [-0.3, -0.25) is 4.79 Å². The third kappa shape index (κ3) is 2.81. The Morgan fingerprint density at radius 2 is 2.00 bits per heavy atom. The van der Waals surface area contributed by atoms with E-state index in [1.54, 1.807) is 12.1 Å². The number of carboxylic acid groups (broad SMARTS) is 1. The molecule has 0 spiro atoms. The summed E-state index contributed by atoms with van der Waals surface area (Å²) in [4.78, 5) is 21.9. The lowest BCUT2D eigenvalue weighted by Gasteiger charge is -1.90. The van der Waals surface area contributed by atoms with E-state index in [0.29, 0.717) is 11.0 Å². The van der Waals surface area contributed by atoms with Gasteiger partial charge >= 0.3 is 5.97 Å². The fourth-order valence-electron chi connectivity index (χ4n) is 0.704. The van der Waals surface area contributed by atoms with Gasteiger partial charge in [0.15, 0.2) is 5.78 Å². The predicted molar refractivity (Wildman–Crippen MR) is 59.7 cm³/mol. The Hall–Kier alpha value is -0.890. The van der Waals surface area contributed by atoms with E-state index < -0.39 is 17.5 Å². The molecule has 1 aromatic rings. The van der Waals surface area contributed by atoms with Crippen molar-refractivity contribution in [2.45, 2.75) is 0 Å². The Labute approximate surface area is 97.0 Å². The molecule has 4 nitrogen and oxygen atoms in total. The van der Waals surface area contributed by atoms with E-state index in [4.69, 9.17) is 10.2 Å². The van der Waals surface area contributed by atoms with Crippen LogP contribution >= 0.6 is 33.9 Å². The molecule has 0 saturated heterocycles. The number of hydrogen-bond donors (Lipinski definition) is 2. The van der Waals surface area contributed by atoms with E-state index >= 15 is 0 Å². The van der Waals surface area contributed by atoms with Crippen LogP contribution in [0.5, 0.6) is 0 Å². The molecule has 0 aliphatic rings. The van der Waals surface area contributed by atoms with Gasteiger partial charge in [-0.25, -0.2) is 4.79 Å². The molecule has 1 heterocycles. The number of aliphatic hydroxyl groups excluding tert-OH is 1. The number of rotatable bonds is 3. The molecule has 0 bridgehead atoms. The van der Waals surface area contributed by atoms with Crippen molar-refractivity contribution in [1.29, 1.82) is 0 Å². The van der Waals surface area contributed by atoms with Gasteiger partial charge < -0.3 is 10.2 Å². The van der Waals surface area contributed by atoms with Crippen LogP contribution in [0.3, 0.4) is 0 Å². The first-order chi connectivity index (χ1) is 6.50. The predicted octanol–water partition coefficient (Wildman–Crippen LogP) is 2.06. The first kappa shape index (κ1) is 11.2. The Bertz CT molecular complexity index is 407. The van der Waals surface area contributed by atoms with Crippen LogP contribution in [0.25, 0.3) is 0 Å². The molecular formula is C8H5IO4S. The van der Waals surface area contributed by atoms with Crippen LogP contribution in [0.15, 0.2) is 24.0 Å². The second kappa shape index (κ2) is 4.56. The van der Waals surface area contributed by atoms with E-state index in [0.717, 1.165) is 2.88 Å². The molecule has 6 heteroatoms. The normalized spacial score (nSPS) is 11.4. The summed E-state index contributed by atoms with van der Waals surface area (Å²) in [5, 5.41) is 17.1. The van der Waals surface area contributed by atoms with Crippen LogP contribution in [0.4, 0.5) is 0 Å². The summed E-state index contributed by atoms with van der Waals surface area (Å²) in [5.74, 6) is -2.96. The lowest BCUT2D eigenvalue weighted by atomic mass is 10.3. The lowest BCUT2D eigenvalue weighted by Crippen LogP contribution is -2.02. The molecule has 0 fully saturated rings. The fourth-order valence-corrected chi connectivity index (χ4v) is 2.24. The molecule has 0 saturated carbocycles. The van der Waals surface area contributed by atoms with Crippen LogP contribution in [0, 0.1) is 2.88 Å². The molecule has 0 radical (unpaired) electrons. The van der Waals surface area contributed by atoms with E-state index in [1.807, 2.05) is 22.6 Å². The Balaban J connectivity index is 2.87. The summed E-state index contributed by atoms with van der Waals surface area (Å²) < 4.78 is 0.925. The molecule has 14 heavy (non-hydrogen) atoms. The Kier molecular flexibility index (Phi) is 3.64. The SMILES string of the molecule is O=C(O)/C(O)=C/C(=O)c1ccc(I)s1. The molecule has 0 aliphatic carbocycles. The summed E-state index contributed by atoms with van der Waals surface area (Å²) in [6.07, 6.45) is 0.699. The van der Waals surface area contributed by atoms with Crippen LogP contribution in [-0.2, 0) is 4.79 Å². The van der Waals surface area contributed by atoms with Gasteiger partial charge in [-0.1, -0.05) is 0 Å². The van der Waals surface area contributed by atoms with Crippen molar-refractivity contribution in [2.24, 2.45) is 0 Å². The quantitative estimate of drug-likeness (QED) is 0.386. The van der Waals surface area contributed by atoms with E-state index in [-0.39, 0.29) is 0 Å². The van der Waals surface area contributed by atoms with Gasteiger partial charge in [0, 0.05) is 6.08 Å². The number of carboxylic acids is 1. The fraction of sp³-hybridized carbons (Fsp3) is 0. The second-order valence-corrected chi connectivity index (χ2v) is 5.28. The zero-order chi connectivity index (χ0) is 10.7. The first-order valence-electron chi connectivity index (χ1n) is 3.44. The highest BCUT2D eigenvalue weighted by atomic mass is 127. The molecule has 74 valence electrons. The number of ketones is 1. The van der Waals surface area contributed by atoms with Gasteiger partial charge in [0.05, 0.1) is 7.76 Å². The highest BCUT2D eigenvalue weighted by Gasteiger charge is 2.10. The van der Waals surface area contributed by atoms with Crippen LogP contribution < -0.4 is 0 Å². The number of carbonyl (C=O) groups excluding carboxylic acids is 1. The summed E-state index contributed by atoms with van der Waals surface area (Å²) in [5.41, 5.74) is 0. The van der Waals surface area contributed by atoms with E-state index in [2.05, 4.69) is 0 Å². The van der Waals surface area contributed by atoms with Crippen LogP contribution in [0.2, 0.25) is 0 Å². The third-order valence-corrected chi connectivity index (χ3v) is 3.21. The maximum atomic E-state index is 11.3. The molecule has 1 aromatic heterocycles. The van der Waals surface area contributed by atoms with Crippen molar-refractivity contribution in [1.82, 2.24) is 0 Å². The number of halogens is 1.